The smallest absolute Gasteiger partial charge is 0.243 e. The molecule has 1 N–H and O–H groups in total. The van der Waals surface area contributed by atoms with Gasteiger partial charge in [0.1, 0.15) is 11.8 Å². The summed E-state index contributed by atoms with van der Waals surface area (Å²) in [6.07, 6.45) is 0.805. The first-order valence-electron chi connectivity index (χ1n) is 10.8. The van der Waals surface area contributed by atoms with Gasteiger partial charge in [-0.15, -0.1) is 0 Å². The Labute approximate surface area is 186 Å². The van der Waals surface area contributed by atoms with Crippen LogP contribution in [0.2, 0.25) is 0 Å². The molecule has 2 aromatic carbocycles. The third kappa shape index (κ3) is 7.12. The largest absolute Gasteiger partial charge is 0.497 e. The molecule has 5 heteroatoms. The Balaban J connectivity index is 2.35. The second-order valence-corrected chi connectivity index (χ2v) is 9.14. The lowest BCUT2D eigenvalue weighted by molar-refractivity contribution is -0.141. The van der Waals surface area contributed by atoms with Crippen LogP contribution in [0.1, 0.15) is 56.4 Å². The molecule has 0 heterocycles. The molecule has 2 rings (SSSR count). The Morgan fingerprint density at radius 1 is 1.06 bits per heavy atom. The van der Waals surface area contributed by atoms with E-state index in [4.69, 9.17) is 4.74 Å². The number of nitrogens with one attached hydrogen (secondary N) is 1. The fraction of sp³-hybridized carbons (Fsp3) is 0.462. The zero-order chi connectivity index (χ0) is 23.2. The van der Waals surface area contributed by atoms with Crippen LogP contribution in [0.15, 0.2) is 42.5 Å². The first-order valence-corrected chi connectivity index (χ1v) is 10.8. The summed E-state index contributed by atoms with van der Waals surface area (Å²) in [7, 11) is 1.62. The van der Waals surface area contributed by atoms with E-state index in [0.29, 0.717) is 13.0 Å². The number of carbonyl (C=O) groups is 2. The molecule has 0 bridgehead atoms. The summed E-state index contributed by atoms with van der Waals surface area (Å²) in [6, 6.07) is 13.2. The quantitative estimate of drug-likeness (QED) is 0.675. The number of benzene rings is 2. The molecule has 0 saturated carbocycles. The Morgan fingerprint density at radius 3 is 2.26 bits per heavy atom. The molecule has 1 unspecified atom stereocenters. The van der Waals surface area contributed by atoms with Gasteiger partial charge in [0.25, 0.3) is 0 Å². The first-order chi connectivity index (χ1) is 14.5. The van der Waals surface area contributed by atoms with E-state index in [0.717, 1.165) is 28.0 Å². The molecule has 0 spiro atoms. The molecular weight excluding hydrogens is 388 g/mol. The fourth-order valence-electron chi connectivity index (χ4n) is 3.56. The van der Waals surface area contributed by atoms with Gasteiger partial charge in [-0.2, -0.15) is 0 Å². The number of nitrogens with zero attached hydrogens (tertiary/aromatic N) is 1. The van der Waals surface area contributed by atoms with Crippen molar-refractivity contribution in [1.82, 2.24) is 10.2 Å². The van der Waals surface area contributed by atoms with Gasteiger partial charge in [-0.3, -0.25) is 9.59 Å². The molecule has 31 heavy (non-hydrogen) atoms. The van der Waals surface area contributed by atoms with Crippen molar-refractivity contribution >= 4 is 11.8 Å². The van der Waals surface area contributed by atoms with Crippen LogP contribution in [0.4, 0.5) is 0 Å². The van der Waals surface area contributed by atoms with E-state index in [1.54, 1.807) is 12.0 Å². The summed E-state index contributed by atoms with van der Waals surface area (Å²) >= 11 is 0. The van der Waals surface area contributed by atoms with Crippen LogP contribution in [0.25, 0.3) is 0 Å². The van der Waals surface area contributed by atoms with Gasteiger partial charge in [0.05, 0.1) is 13.5 Å². The van der Waals surface area contributed by atoms with Crippen LogP contribution in [0, 0.1) is 13.8 Å². The van der Waals surface area contributed by atoms with Crippen LogP contribution >= 0.6 is 0 Å². The minimum absolute atomic E-state index is 0.0552. The highest BCUT2D eigenvalue weighted by molar-refractivity contribution is 5.89. The highest BCUT2D eigenvalue weighted by atomic mass is 16.5. The van der Waals surface area contributed by atoms with Crippen molar-refractivity contribution in [3.63, 3.8) is 0 Å². The maximum Gasteiger partial charge on any atom is 0.243 e. The molecule has 0 radical (unpaired) electrons. The number of amides is 2. The molecule has 5 nitrogen and oxygen atoms in total. The maximum atomic E-state index is 13.5. The van der Waals surface area contributed by atoms with Gasteiger partial charge in [-0.05, 0) is 69.9 Å². The highest BCUT2D eigenvalue weighted by Gasteiger charge is 2.30. The fourth-order valence-corrected chi connectivity index (χ4v) is 3.56. The lowest BCUT2D eigenvalue weighted by atomic mass is 10.0. The number of hydrogen-bond donors (Lipinski definition) is 1. The first kappa shape index (κ1) is 24.4. The van der Waals surface area contributed by atoms with Crippen molar-refractivity contribution in [3.8, 4) is 5.75 Å². The number of hydrogen-bond acceptors (Lipinski definition) is 3. The van der Waals surface area contributed by atoms with Crippen LogP contribution in [-0.2, 0) is 22.6 Å². The predicted octanol–water partition coefficient (Wildman–Crippen LogP) is 4.58. The molecule has 168 valence electrons. The summed E-state index contributed by atoms with van der Waals surface area (Å²) in [5.41, 5.74) is 3.78. The normalized spacial score (nSPS) is 12.2. The Morgan fingerprint density at radius 2 is 1.71 bits per heavy atom. The van der Waals surface area contributed by atoms with Gasteiger partial charge in [0.2, 0.25) is 11.8 Å². The molecule has 0 aromatic heterocycles. The van der Waals surface area contributed by atoms with E-state index in [-0.39, 0.29) is 23.8 Å². The standard InChI is InChI=1S/C26H36N2O3/c1-8-23(25(30)27-26(4,5)6)28(17-20-11-13-22(31-7)14-12-20)24(29)16-21-15-18(2)9-10-19(21)3/h9-15,23H,8,16-17H2,1-7H3,(H,27,30). The van der Waals surface area contributed by atoms with Crippen LogP contribution in [0.3, 0.4) is 0 Å². The van der Waals surface area contributed by atoms with Gasteiger partial charge in [-0.1, -0.05) is 42.8 Å². The van der Waals surface area contributed by atoms with Gasteiger partial charge < -0.3 is 15.0 Å². The monoisotopic (exact) mass is 424 g/mol. The topological polar surface area (TPSA) is 58.6 Å². The summed E-state index contributed by atoms with van der Waals surface area (Å²) < 4.78 is 5.24. The summed E-state index contributed by atoms with van der Waals surface area (Å²) in [4.78, 5) is 28.3. The summed E-state index contributed by atoms with van der Waals surface area (Å²) in [5, 5.41) is 3.04. The van der Waals surface area contributed by atoms with E-state index in [2.05, 4.69) is 11.4 Å². The molecule has 0 aliphatic carbocycles. The highest BCUT2D eigenvalue weighted by Crippen LogP contribution is 2.19. The SMILES string of the molecule is CCC(C(=O)NC(C)(C)C)N(Cc1ccc(OC)cc1)C(=O)Cc1cc(C)ccc1C. The molecule has 0 saturated heterocycles. The molecule has 0 aliphatic heterocycles. The molecule has 2 amide bonds. The second-order valence-electron chi connectivity index (χ2n) is 9.14. The zero-order valence-corrected chi connectivity index (χ0v) is 19.9. The van der Waals surface area contributed by atoms with Crippen molar-refractivity contribution in [2.75, 3.05) is 7.11 Å². The third-order valence-electron chi connectivity index (χ3n) is 5.24. The Bertz CT molecular complexity index is 898. The van der Waals surface area contributed by atoms with Gasteiger partial charge >= 0.3 is 0 Å². The van der Waals surface area contributed by atoms with Gasteiger partial charge in [-0.25, -0.2) is 0 Å². The lowest BCUT2D eigenvalue weighted by Gasteiger charge is -2.33. The zero-order valence-electron chi connectivity index (χ0n) is 19.9. The average Bonchev–Trinajstić information content (AvgIpc) is 2.69. The van der Waals surface area contributed by atoms with Crippen molar-refractivity contribution in [3.05, 3.63) is 64.7 Å². The van der Waals surface area contributed by atoms with E-state index in [9.17, 15) is 9.59 Å². The van der Waals surface area contributed by atoms with E-state index in [1.165, 1.54) is 0 Å². The van der Waals surface area contributed by atoms with Crippen molar-refractivity contribution in [2.45, 2.75) is 72.5 Å². The van der Waals surface area contributed by atoms with Crippen molar-refractivity contribution in [2.24, 2.45) is 0 Å². The van der Waals surface area contributed by atoms with E-state index in [1.807, 2.05) is 77.9 Å². The molecule has 0 fully saturated rings. The number of carbonyl (C=O) groups excluding carboxylic acids is 2. The third-order valence-corrected chi connectivity index (χ3v) is 5.24. The van der Waals surface area contributed by atoms with Crippen LogP contribution < -0.4 is 10.1 Å². The molecule has 2 aromatic rings. The minimum Gasteiger partial charge on any atom is -0.497 e. The van der Waals surface area contributed by atoms with Gasteiger partial charge in [0.15, 0.2) is 0 Å². The van der Waals surface area contributed by atoms with Crippen molar-refractivity contribution in [1.29, 1.82) is 0 Å². The van der Waals surface area contributed by atoms with Crippen molar-refractivity contribution < 1.29 is 14.3 Å². The maximum absolute atomic E-state index is 13.5. The van der Waals surface area contributed by atoms with Gasteiger partial charge in [0, 0.05) is 12.1 Å². The average molecular weight is 425 g/mol. The molecule has 1 atom stereocenters. The van der Waals surface area contributed by atoms with Crippen LogP contribution in [-0.4, -0.2) is 35.4 Å². The summed E-state index contributed by atoms with van der Waals surface area (Å²) in [5.74, 6) is 0.577. The number of methoxy groups -OCH3 is 1. The second kappa shape index (κ2) is 10.5. The number of aryl methyl sites for hydroxylation is 2. The van der Waals surface area contributed by atoms with E-state index < -0.39 is 6.04 Å². The van der Waals surface area contributed by atoms with E-state index >= 15 is 0 Å². The van der Waals surface area contributed by atoms with Crippen LogP contribution in [0.5, 0.6) is 5.75 Å². The predicted molar refractivity (Wildman–Crippen MR) is 125 cm³/mol. The number of rotatable bonds is 8. The lowest BCUT2D eigenvalue weighted by Crippen LogP contribution is -2.53. The minimum atomic E-state index is -0.543. The Kier molecular flexibility index (Phi) is 8.26. The Hall–Kier alpha value is -2.82. The molecule has 0 aliphatic rings. The summed E-state index contributed by atoms with van der Waals surface area (Å²) in [6.45, 7) is 12.2. The molecular formula is C26H36N2O3. The number of ether oxygens (including phenoxy) is 1.